The van der Waals surface area contributed by atoms with E-state index in [1.165, 1.54) is 10.4 Å². The molecule has 0 bridgehead atoms. The average Bonchev–Trinajstić information content (AvgIpc) is 2.88. The van der Waals surface area contributed by atoms with Gasteiger partial charge in [-0.1, -0.05) is 13.8 Å². The topological polar surface area (TPSA) is 40.5 Å². The lowest BCUT2D eigenvalue weighted by Gasteiger charge is -2.28. The highest BCUT2D eigenvalue weighted by atomic mass is 32.1. The van der Waals surface area contributed by atoms with Gasteiger partial charge in [0.05, 0.1) is 5.41 Å². The lowest BCUT2D eigenvalue weighted by atomic mass is 9.76. The van der Waals surface area contributed by atoms with Gasteiger partial charge >= 0.3 is 5.97 Å². The summed E-state index contributed by atoms with van der Waals surface area (Å²) in [5, 5.41) is 11.6. The van der Waals surface area contributed by atoms with Crippen LogP contribution in [0.5, 0.6) is 0 Å². The van der Waals surface area contributed by atoms with E-state index in [-0.39, 0.29) is 5.92 Å². The summed E-state index contributed by atoms with van der Waals surface area (Å²) in [6.45, 7) is 8.63. The molecule has 0 saturated carbocycles. The second-order valence-corrected chi connectivity index (χ2v) is 6.60. The molecule has 1 aliphatic heterocycles. The molecule has 0 aliphatic carbocycles. The SMILES string of the molecule is Cc1ccsc1CN1CCC(C(=O)O)(C(C)C)C1. The molecule has 1 unspecified atom stereocenters. The zero-order valence-electron chi connectivity index (χ0n) is 11.3. The minimum atomic E-state index is -0.636. The lowest BCUT2D eigenvalue weighted by Crippen LogP contribution is -2.39. The van der Waals surface area contributed by atoms with Crippen LogP contribution in [0.2, 0.25) is 0 Å². The quantitative estimate of drug-likeness (QED) is 0.911. The molecule has 100 valence electrons. The zero-order valence-corrected chi connectivity index (χ0v) is 12.1. The highest BCUT2D eigenvalue weighted by Crippen LogP contribution is 2.39. The minimum absolute atomic E-state index is 0.185. The normalized spacial score (nSPS) is 24.9. The summed E-state index contributed by atoms with van der Waals surface area (Å²) in [5.41, 5.74) is 0.767. The fourth-order valence-electron chi connectivity index (χ4n) is 2.71. The molecule has 0 amide bonds. The summed E-state index contributed by atoms with van der Waals surface area (Å²) < 4.78 is 0. The van der Waals surface area contributed by atoms with Crippen molar-refractivity contribution in [3.05, 3.63) is 21.9 Å². The van der Waals surface area contributed by atoms with Crippen molar-refractivity contribution in [1.82, 2.24) is 4.90 Å². The Kier molecular flexibility index (Phi) is 3.78. The van der Waals surface area contributed by atoms with Crippen molar-refractivity contribution in [2.45, 2.75) is 33.7 Å². The van der Waals surface area contributed by atoms with Gasteiger partial charge in [-0.2, -0.15) is 0 Å². The van der Waals surface area contributed by atoms with Crippen molar-refractivity contribution in [2.75, 3.05) is 13.1 Å². The first-order chi connectivity index (χ1) is 8.45. The number of carboxylic acids is 1. The Labute approximate surface area is 112 Å². The van der Waals surface area contributed by atoms with Crippen LogP contribution >= 0.6 is 11.3 Å². The van der Waals surface area contributed by atoms with Crippen molar-refractivity contribution in [1.29, 1.82) is 0 Å². The number of rotatable bonds is 4. The molecule has 1 N–H and O–H groups in total. The van der Waals surface area contributed by atoms with Crippen molar-refractivity contribution in [3.63, 3.8) is 0 Å². The van der Waals surface area contributed by atoms with E-state index >= 15 is 0 Å². The summed E-state index contributed by atoms with van der Waals surface area (Å²) in [6, 6.07) is 2.13. The minimum Gasteiger partial charge on any atom is -0.481 e. The number of carbonyl (C=O) groups is 1. The van der Waals surface area contributed by atoms with Crippen LogP contribution in [0, 0.1) is 18.3 Å². The van der Waals surface area contributed by atoms with E-state index in [1.807, 2.05) is 13.8 Å². The molecular weight excluding hydrogens is 246 g/mol. The second-order valence-electron chi connectivity index (χ2n) is 5.60. The summed E-state index contributed by atoms with van der Waals surface area (Å²) in [6.07, 6.45) is 0.768. The molecular formula is C14H21NO2S. The molecule has 3 nitrogen and oxygen atoms in total. The molecule has 0 spiro atoms. The van der Waals surface area contributed by atoms with E-state index in [1.54, 1.807) is 11.3 Å². The van der Waals surface area contributed by atoms with Gasteiger partial charge in [-0.05, 0) is 42.8 Å². The number of likely N-dealkylation sites (tertiary alicyclic amines) is 1. The molecule has 1 aromatic heterocycles. The Hall–Kier alpha value is -0.870. The number of thiophene rings is 1. The number of hydrogen-bond acceptors (Lipinski definition) is 3. The molecule has 2 rings (SSSR count). The van der Waals surface area contributed by atoms with Gasteiger partial charge in [0.25, 0.3) is 0 Å². The molecule has 18 heavy (non-hydrogen) atoms. The first kappa shape index (κ1) is 13.6. The van der Waals surface area contributed by atoms with E-state index in [9.17, 15) is 9.90 Å². The van der Waals surface area contributed by atoms with Crippen LogP contribution in [0.4, 0.5) is 0 Å². The average molecular weight is 267 g/mol. The largest absolute Gasteiger partial charge is 0.481 e. The number of nitrogens with zero attached hydrogens (tertiary/aromatic N) is 1. The number of aryl methyl sites for hydroxylation is 1. The van der Waals surface area contributed by atoms with Crippen molar-refractivity contribution in [3.8, 4) is 0 Å². The number of aliphatic carboxylic acids is 1. The predicted molar refractivity (Wildman–Crippen MR) is 73.9 cm³/mol. The fourth-order valence-corrected chi connectivity index (χ4v) is 3.66. The van der Waals surface area contributed by atoms with E-state index in [0.29, 0.717) is 6.54 Å². The third-order valence-electron chi connectivity index (χ3n) is 4.25. The molecule has 1 saturated heterocycles. The van der Waals surface area contributed by atoms with Gasteiger partial charge in [0, 0.05) is 18.0 Å². The summed E-state index contributed by atoms with van der Waals surface area (Å²) in [4.78, 5) is 15.2. The maximum Gasteiger partial charge on any atom is 0.311 e. The second kappa shape index (κ2) is 5.02. The Balaban J connectivity index is 2.08. The summed E-state index contributed by atoms with van der Waals surface area (Å²) >= 11 is 1.76. The monoisotopic (exact) mass is 267 g/mol. The highest BCUT2D eigenvalue weighted by Gasteiger charge is 2.47. The van der Waals surface area contributed by atoms with E-state index in [4.69, 9.17) is 0 Å². The third kappa shape index (κ3) is 2.31. The fraction of sp³-hybridized carbons (Fsp3) is 0.643. The third-order valence-corrected chi connectivity index (χ3v) is 5.25. The summed E-state index contributed by atoms with van der Waals surface area (Å²) in [5.74, 6) is -0.452. The number of hydrogen-bond donors (Lipinski definition) is 1. The lowest BCUT2D eigenvalue weighted by molar-refractivity contribution is -0.151. The van der Waals surface area contributed by atoms with Gasteiger partial charge in [-0.15, -0.1) is 11.3 Å². The Morgan fingerprint density at radius 1 is 1.61 bits per heavy atom. The van der Waals surface area contributed by atoms with Crippen LogP contribution in [0.25, 0.3) is 0 Å². The molecule has 1 aliphatic rings. The maximum absolute atomic E-state index is 11.6. The van der Waals surface area contributed by atoms with Crippen LogP contribution in [-0.4, -0.2) is 29.1 Å². The molecule has 1 fully saturated rings. The van der Waals surface area contributed by atoms with Gasteiger partial charge in [-0.25, -0.2) is 0 Å². The predicted octanol–water partition coefficient (Wildman–Crippen LogP) is 2.99. The van der Waals surface area contributed by atoms with Crippen molar-refractivity contribution >= 4 is 17.3 Å². The molecule has 4 heteroatoms. The van der Waals surface area contributed by atoms with Crippen LogP contribution in [-0.2, 0) is 11.3 Å². The summed E-state index contributed by atoms with van der Waals surface area (Å²) in [7, 11) is 0. The molecule has 1 atom stereocenters. The van der Waals surface area contributed by atoms with E-state index < -0.39 is 11.4 Å². The Morgan fingerprint density at radius 2 is 2.33 bits per heavy atom. The van der Waals surface area contributed by atoms with E-state index in [0.717, 1.165) is 19.5 Å². The Bertz CT molecular complexity index is 441. The highest BCUT2D eigenvalue weighted by molar-refractivity contribution is 7.10. The first-order valence-electron chi connectivity index (χ1n) is 6.44. The van der Waals surface area contributed by atoms with Gasteiger partial charge < -0.3 is 5.11 Å². The van der Waals surface area contributed by atoms with Crippen LogP contribution in [0.15, 0.2) is 11.4 Å². The van der Waals surface area contributed by atoms with Crippen molar-refractivity contribution < 1.29 is 9.90 Å². The van der Waals surface area contributed by atoms with Crippen LogP contribution < -0.4 is 0 Å². The smallest absolute Gasteiger partial charge is 0.311 e. The molecule has 0 aromatic carbocycles. The van der Waals surface area contributed by atoms with Crippen molar-refractivity contribution in [2.24, 2.45) is 11.3 Å². The van der Waals surface area contributed by atoms with Gasteiger partial charge in [0.1, 0.15) is 0 Å². The maximum atomic E-state index is 11.6. The zero-order chi connectivity index (χ0) is 13.3. The van der Waals surface area contributed by atoms with Crippen LogP contribution in [0.1, 0.15) is 30.7 Å². The van der Waals surface area contributed by atoms with Gasteiger partial charge in [-0.3, -0.25) is 9.69 Å². The molecule has 1 aromatic rings. The first-order valence-corrected chi connectivity index (χ1v) is 7.32. The number of carboxylic acid groups (broad SMARTS) is 1. The molecule has 0 radical (unpaired) electrons. The van der Waals surface area contributed by atoms with Crippen LogP contribution in [0.3, 0.4) is 0 Å². The Morgan fingerprint density at radius 3 is 2.78 bits per heavy atom. The van der Waals surface area contributed by atoms with Gasteiger partial charge in [0.2, 0.25) is 0 Å². The molecule has 2 heterocycles. The van der Waals surface area contributed by atoms with Gasteiger partial charge in [0.15, 0.2) is 0 Å². The van der Waals surface area contributed by atoms with E-state index in [2.05, 4.69) is 23.3 Å². The standard InChI is InChI=1S/C14H21NO2S/c1-10(2)14(13(16)17)5-6-15(9-14)8-12-11(3)4-7-18-12/h4,7,10H,5-6,8-9H2,1-3H3,(H,16,17).